The van der Waals surface area contributed by atoms with E-state index >= 15 is 0 Å². The summed E-state index contributed by atoms with van der Waals surface area (Å²) in [6, 6.07) is 7.53. The first-order valence-electron chi connectivity index (χ1n) is 4.28. The zero-order valence-electron chi connectivity index (χ0n) is 8.36. The van der Waals surface area contributed by atoms with Crippen molar-refractivity contribution in [1.29, 1.82) is 0 Å². The van der Waals surface area contributed by atoms with Crippen molar-refractivity contribution in [2.75, 3.05) is 4.90 Å². The second kappa shape index (κ2) is 4.08. The molecule has 3 nitrogen and oxygen atoms in total. The van der Waals surface area contributed by atoms with Crippen LogP contribution in [0.15, 0.2) is 24.3 Å². The average molecular weight is 183 g/mol. The summed E-state index contributed by atoms with van der Waals surface area (Å²) in [6.45, 7) is 1.88. The van der Waals surface area contributed by atoms with Crippen molar-refractivity contribution in [2.24, 2.45) is 0 Å². The fourth-order valence-electron chi connectivity index (χ4n) is 1.84. The Morgan fingerprint density at radius 3 is 2.79 bits per heavy atom. The van der Waals surface area contributed by atoms with E-state index < -0.39 is 6.09 Å². The van der Waals surface area contributed by atoms with Gasteiger partial charge in [-0.05, 0) is 25.0 Å². The summed E-state index contributed by atoms with van der Waals surface area (Å²) in [5.41, 5.74) is 1.86. The van der Waals surface area contributed by atoms with Gasteiger partial charge >= 0.3 is 18.9 Å². The SMILES string of the molecule is CC1Cc2ccccc2N1C(=O)[O-].[Li+]. The fraction of sp³-hybridized carbons (Fsp3) is 0.300. The van der Waals surface area contributed by atoms with Crippen molar-refractivity contribution in [3.8, 4) is 0 Å². The Morgan fingerprint density at radius 1 is 1.50 bits per heavy atom. The predicted molar refractivity (Wildman–Crippen MR) is 47.5 cm³/mol. The molecule has 0 aliphatic carbocycles. The maximum Gasteiger partial charge on any atom is 1.00 e. The van der Waals surface area contributed by atoms with E-state index in [-0.39, 0.29) is 24.9 Å². The molecule has 2 rings (SSSR count). The molecule has 1 atom stereocenters. The molecule has 0 spiro atoms. The molecule has 1 unspecified atom stereocenters. The van der Waals surface area contributed by atoms with Crippen LogP contribution in [0.1, 0.15) is 12.5 Å². The molecule has 0 radical (unpaired) electrons. The molecule has 4 heteroatoms. The number of rotatable bonds is 0. The van der Waals surface area contributed by atoms with Gasteiger partial charge in [0.15, 0.2) is 0 Å². The van der Waals surface area contributed by atoms with Crippen molar-refractivity contribution < 1.29 is 28.8 Å². The van der Waals surface area contributed by atoms with E-state index in [1.807, 2.05) is 31.2 Å². The number of benzene rings is 1. The predicted octanol–water partition coefficient (Wildman–Crippen LogP) is -2.22. The van der Waals surface area contributed by atoms with E-state index in [9.17, 15) is 9.90 Å². The Hall–Kier alpha value is -0.913. The van der Waals surface area contributed by atoms with Gasteiger partial charge in [0.2, 0.25) is 0 Å². The van der Waals surface area contributed by atoms with Gasteiger partial charge in [-0.25, -0.2) is 0 Å². The third kappa shape index (κ3) is 1.66. The molecule has 0 saturated heterocycles. The maximum absolute atomic E-state index is 10.8. The van der Waals surface area contributed by atoms with Crippen LogP contribution >= 0.6 is 0 Å². The Kier molecular flexibility index (Phi) is 3.25. The van der Waals surface area contributed by atoms with E-state index in [1.54, 1.807) is 0 Å². The Bertz CT molecular complexity index is 354. The van der Waals surface area contributed by atoms with E-state index in [0.717, 1.165) is 17.7 Å². The first-order valence-corrected chi connectivity index (χ1v) is 4.28. The third-order valence-corrected chi connectivity index (χ3v) is 2.40. The monoisotopic (exact) mass is 183 g/mol. The molecule has 68 valence electrons. The van der Waals surface area contributed by atoms with Crippen molar-refractivity contribution >= 4 is 11.8 Å². The quantitative estimate of drug-likeness (QED) is 0.428. The number of hydrogen-bond acceptors (Lipinski definition) is 2. The van der Waals surface area contributed by atoms with Crippen LogP contribution in [0.2, 0.25) is 0 Å². The van der Waals surface area contributed by atoms with Crippen molar-refractivity contribution in [2.45, 2.75) is 19.4 Å². The molecule has 0 saturated carbocycles. The first-order chi connectivity index (χ1) is 6.20. The first kappa shape index (κ1) is 11.2. The minimum atomic E-state index is -1.11. The number of amides is 1. The number of fused-ring (bicyclic) bond motifs is 1. The summed E-state index contributed by atoms with van der Waals surface area (Å²) in [5, 5.41) is 10.8. The summed E-state index contributed by atoms with van der Waals surface area (Å²) in [4.78, 5) is 12.1. The molecule has 0 fully saturated rings. The van der Waals surface area contributed by atoms with Gasteiger partial charge in [-0.3, -0.25) is 0 Å². The Balaban J connectivity index is 0.000000980. The van der Waals surface area contributed by atoms with Gasteiger partial charge in [0.25, 0.3) is 0 Å². The Labute approximate surface area is 94.9 Å². The summed E-state index contributed by atoms with van der Waals surface area (Å²) in [7, 11) is 0. The van der Waals surface area contributed by atoms with E-state index in [1.165, 1.54) is 4.90 Å². The van der Waals surface area contributed by atoms with E-state index in [0.29, 0.717) is 0 Å². The molecule has 1 aliphatic rings. The van der Waals surface area contributed by atoms with Crippen molar-refractivity contribution in [3.63, 3.8) is 0 Å². The van der Waals surface area contributed by atoms with Gasteiger partial charge in [-0.1, -0.05) is 18.2 Å². The summed E-state index contributed by atoms with van der Waals surface area (Å²) >= 11 is 0. The van der Waals surface area contributed by atoms with Crippen LogP contribution in [0.3, 0.4) is 0 Å². The topological polar surface area (TPSA) is 43.4 Å². The molecule has 0 aromatic heterocycles. The molecule has 1 aromatic rings. The number of anilines is 1. The van der Waals surface area contributed by atoms with Gasteiger partial charge in [-0.15, -0.1) is 0 Å². The number of carbonyl (C=O) groups excluding carboxylic acids is 1. The van der Waals surface area contributed by atoms with Crippen LogP contribution in [-0.2, 0) is 6.42 Å². The van der Waals surface area contributed by atoms with Crippen LogP contribution in [-0.4, -0.2) is 12.1 Å². The standard InChI is InChI=1S/C10H11NO2.Li/c1-7-6-8-4-2-3-5-9(8)11(7)10(12)13;/h2-5,7H,6H2,1H3,(H,12,13);/q;+1/p-1. The minimum absolute atomic E-state index is 0. The average Bonchev–Trinajstić information content (AvgIpc) is 2.39. The zero-order chi connectivity index (χ0) is 9.42. The normalized spacial score (nSPS) is 18.6. The fourth-order valence-corrected chi connectivity index (χ4v) is 1.84. The minimum Gasteiger partial charge on any atom is -0.530 e. The molecule has 1 aromatic carbocycles. The van der Waals surface area contributed by atoms with Gasteiger partial charge in [-0.2, -0.15) is 0 Å². The Morgan fingerprint density at radius 2 is 2.14 bits per heavy atom. The molecule has 0 bridgehead atoms. The van der Waals surface area contributed by atoms with Gasteiger partial charge in [0.05, 0.1) is 0 Å². The van der Waals surface area contributed by atoms with Crippen LogP contribution in [0.5, 0.6) is 0 Å². The summed E-state index contributed by atoms with van der Waals surface area (Å²) in [6.07, 6.45) is -0.332. The number of carbonyl (C=O) groups is 1. The van der Waals surface area contributed by atoms with Crippen LogP contribution in [0.25, 0.3) is 0 Å². The largest absolute Gasteiger partial charge is 1.00 e. The zero-order valence-corrected chi connectivity index (χ0v) is 8.36. The molecule has 14 heavy (non-hydrogen) atoms. The molecule has 1 amide bonds. The van der Waals surface area contributed by atoms with Crippen LogP contribution in [0, 0.1) is 0 Å². The van der Waals surface area contributed by atoms with Crippen LogP contribution in [0.4, 0.5) is 10.5 Å². The van der Waals surface area contributed by atoms with E-state index in [2.05, 4.69) is 0 Å². The van der Waals surface area contributed by atoms with E-state index in [4.69, 9.17) is 0 Å². The molecular formula is C10H10LiNO2. The smallest absolute Gasteiger partial charge is 0.530 e. The van der Waals surface area contributed by atoms with Crippen molar-refractivity contribution in [1.82, 2.24) is 0 Å². The second-order valence-corrected chi connectivity index (χ2v) is 3.32. The van der Waals surface area contributed by atoms with Gasteiger partial charge in [0, 0.05) is 11.7 Å². The van der Waals surface area contributed by atoms with Crippen molar-refractivity contribution in [3.05, 3.63) is 29.8 Å². The van der Waals surface area contributed by atoms with Crippen LogP contribution < -0.4 is 28.9 Å². The third-order valence-electron chi connectivity index (χ3n) is 2.40. The summed E-state index contributed by atoms with van der Waals surface area (Å²) < 4.78 is 0. The van der Waals surface area contributed by atoms with Gasteiger partial charge < -0.3 is 14.8 Å². The second-order valence-electron chi connectivity index (χ2n) is 3.32. The number of nitrogens with zero attached hydrogens (tertiary/aromatic N) is 1. The number of para-hydroxylation sites is 1. The summed E-state index contributed by atoms with van der Waals surface area (Å²) in [5.74, 6) is 0. The molecule has 0 N–H and O–H groups in total. The molecule has 1 aliphatic heterocycles. The van der Waals surface area contributed by atoms with Gasteiger partial charge in [0.1, 0.15) is 6.09 Å². The molecular weight excluding hydrogens is 173 g/mol. The maximum atomic E-state index is 10.8. The number of hydrogen-bond donors (Lipinski definition) is 0. The molecule has 1 heterocycles. The number of carboxylic acid groups (broad SMARTS) is 1.